The van der Waals surface area contributed by atoms with Crippen molar-refractivity contribution in [2.75, 3.05) is 11.3 Å². The van der Waals surface area contributed by atoms with Gasteiger partial charge in [-0.2, -0.15) is 0 Å². The zero-order chi connectivity index (χ0) is 20.1. The number of fused-ring (bicyclic) bond motifs is 1. The van der Waals surface area contributed by atoms with E-state index >= 15 is 0 Å². The molecule has 0 unspecified atom stereocenters. The van der Waals surface area contributed by atoms with Crippen molar-refractivity contribution in [3.8, 4) is 5.88 Å². The summed E-state index contributed by atoms with van der Waals surface area (Å²) in [4.78, 5) is 9.05. The van der Waals surface area contributed by atoms with E-state index in [1.807, 2.05) is 48.5 Å². The second kappa shape index (κ2) is 8.28. The molecule has 7 heteroatoms. The Morgan fingerprint density at radius 1 is 0.759 bits per heavy atom. The van der Waals surface area contributed by atoms with Gasteiger partial charge in [0.2, 0.25) is 5.82 Å². The summed E-state index contributed by atoms with van der Waals surface area (Å²) >= 11 is 0. The van der Waals surface area contributed by atoms with E-state index in [2.05, 4.69) is 14.7 Å². The third-order valence-electron chi connectivity index (χ3n) is 4.30. The number of rotatable bonds is 7. The number of nitrogens with zero attached hydrogens (tertiary/aromatic N) is 2. The SMILES string of the molecule is O=S(=O)(Nc1nc2ccccc2nc1OCCc1ccccc1)c1ccccc1. The van der Waals surface area contributed by atoms with Crippen LogP contribution in [0.3, 0.4) is 0 Å². The smallest absolute Gasteiger partial charge is 0.263 e. The summed E-state index contributed by atoms with van der Waals surface area (Å²) in [6, 6.07) is 25.3. The number of benzene rings is 3. The summed E-state index contributed by atoms with van der Waals surface area (Å²) < 4.78 is 33.8. The van der Waals surface area contributed by atoms with Crippen molar-refractivity contribution in [3.05, 3.63) is 90.5 Å². The first kappa shape index (κ1) is 18.9. The zero-order valence-electron chi connectivity index (χ0n) is 15.5. The first-order valence-electron chi connectivity index (χ1n) is 9.13. The highest BCUT2D eigenvalue weighted by atomic mass is 32.2. The fourth-order valence-electron chi connectivity index (χ4n) is 2.85. The fraction of sp³-hybridized carbons (Fsp3) is 0.0909. The maximum atomic E-state index is 12.8. The molecule has 0 bridgehead atoms. The van der Waals surface area contributed by atoms with E-state index in [-0.39, 0.29) is 16.6 Å². The zero-order valence-corrected chi connectivity index (χ0v) is 16.3. The maximum Gasteiger partial charge on any atom is 0.263 e. The van der Waals surface area contributed by atoms with Crippen LogP contribution in [0.5, 0.6) is 5.88 Å². The van der Waals surface area contributed by atoms with Crippen LogP contribution >= 0.6 is 0 Å². The number of para-hydroxylation sites is 2. The minimum Gasteiger partial charge on any atom is -0.475 e. The molecule has 0 spiro atoms. The molecule has 3 aromatic carbocycles. The number of anilines is 1. The number of aromatic nitrogens is 2. The molecule has 4 rings (SSSR count). The Morgan fingerprint density at radius 2 is 1.34 bits per heavy atom. The molecule has 4 aromatic rings. The molecule has 0 radical (unpaired) electrons. The predicted molar refractivity (Wildman–Crippen MR) is 112 cm³/mol. The summed E-state index contributed by atoms with van der Waals surface area (Å²) in [5.41, 5.74) is 2.33. The Kier molecular flexibility index (Phi) is 5.39. The van der Waals surface area contributed by atoms with Crippen molar-refractivity contribution in [2.24, 2.45) is 0 Å². The lowest BCUT2D eigenvalue weighted by molar-refractivity contribution is 0.311. The molecule has 0 aliphatic heterocycles. The molecule has 6 nitrogen and oxygen atoms in total. The van der Waals surface area contributed by atoms with Gasteiger partial charge in [-0.05, 0) is 29.8 Å². The van der Waals surface area contributed by atoms with Gasteiger partial charge in [0.15, 0.2) is 0 Å². The van der Waals surface area contributed by atoms with Crippen molar-refractivity contribution in [2.45, 2.75) is 11.3 Å². The molecule has 0 aliphatic rings. The summed E-state index contributed by atoms with van der Waals surface area (Å²) in [5.74, 6) is 0.222. The van der Waals surface area contributed by atoms with Gasteiger partial charge in [-0.1, -0.05) is 60.7 Å². The van der Waals surface area contributed by atoms with Crippen LogP contribution in [0.2, 0.25) is 0 Å². The van der Waals surface area contributed by atoms with Crippen LogP contribution in [-0.2, 0) is 16.4 Å². The number of sulfonamides is 1. The molecular formula is C22H19N3O3S. The standard InChI is InChI=1S/C22H19N3O3S/c26-29(27,18-11-5-2-6-12-18)25-21-22(24-20-14-8-7-13-19(20)23-21)28-16-15-17-9-3-1-4-10-17/h1-14H,15-16H2,(H,23,25). The lowest BCUT2D eigenvalue weighted by atomic mass is 10.2. The molecule has 1 heterocycles. The van der Waals surface area contributed by atoms with Crippen LogP contribution in [0.15, 0.2) is 89.8 Å². The van der Waals surface area contributed by atoms with Crippen LogP contribution < -0.4 is 9.46 Å². The Balaban J connectivity index is 1.63. The molecular weight excluding hydrogens is 386 g/mol. The van der Waals surface area contributed by atoms with Crippen molar-refractivity contribution >= 4 is 26.9 Å². The highest BCUT2D eigenvalue weighted by Gasteiger charge is 2.19. The highest BCUT2D eigenvalue weighted by Crippen LogP contribution is 2.26. The Morgan fingerprint density at radius 3 is 2.03 bits per heavy atom. The molecule has 1 aromatic heterocycles. The number of ether oxygens (including phenoxy) is 1. The molecule has 146 valence electrons. The molecule has 0 atom stereocenters. The number of hydrogen-bond acceptors (Lipinski definition) is 5. The Bertz CT molecular complexity index is 1210. The quantitative estimate of drug-likeness (QED) is 0.502. The summed E-state index contributed by atoms with van der Waals surface area (Å²) in [5, 5.41) is 0. The predicted octanol–water partition coefficient (Wildman–Crippen LogP) is 4.05. The molecule has 0 fully saturated rings. The van der Waals surface area contributed by atoms with Gasteiger partial charge in [0.25, 0.3) is 15.9 Å². The van der Waals surface area contributed by atoms with Crippen molar-refractivity contribution in [1.82, 2.24) is 9.97 Å². The van der Waals surface area contributed by atoms with Gasteiger partial charge in [-0.15, -0.1) is 0 Å². The average molecular weight is 405 g/mol. The van der Waals surface area contributed by atoms with Gasteiger partial charge in [0, 0.05) is 6.42 Å². The fourth-order valence-corrected chi connectivity index (χ4v) is 3.87. The van der Waals surface area contributed by atoms with E-state index in [9.17, 15) is 8.42 Å². The van der Waals surface area contributed by atoms with Crippen molar-refractivity contribution < 1.29 is 13.2 Å². The molecule has 29 heavy (non-hydrogen) atoms. The highest BCUT2D eigenvalue weighted by molar-refractivity contribution is 7.92. The van der Waals surface area contributed by atoms with Crippen molar-refractivity contribution in [3.63, 3.8) is 0 Å². The molecule has 0 saturated heterocycles. The molecule has 0 saturated carbocycles. The number of nitrogens with one attached hydrogen (secondary N) is 1. The molecule has 1 N–H and O–H groups in total. The normalized spacial score (nSPS) is 11.3. The second-order valence-corrected chi connectivity index (χ2v) is 8.05. The van der Waals surface area contributed by atoms with E-state index in [0.717, 1.165) is 5.56 Å². The van der Waals surface area contributed by atoms with E-state index in [1.165, 1.54) is 12.1 Å². The van der Waals surface area contributed by atoms with Crippen molar-refractivity contribution in [1.29, 1.82) is 0 Å². The Hall–Kier alpha value is -3.45. The van der Waals surface area contributed by atoms with E-state index < -0.39 is 10.0 Å². The van der Waals surface area contributed by atoms with E-state index in [4.69, 9.17) is 4.74 Å². The summed E-state index contributed by atoms with van der Waals surface area (Å²) in [6.45, 7) is 0.344. The van der Waals surface area contributed by atoms with E-state index in [1.54, 1.807) is 24.3 Å². The topological polar surface area (TPSA) is 81.2 Å². The lowest BCUT2D eigenvalue weighted by Gasteiger charge is -2.13. The third-order valence-corrected chi connectivity index (χ3v) is 5.65. The first-order valence-corrected chi connectivity index (χ1v) is 10.6. The second-order valence-electron chi connectivity index (χ2n) is 6.37. The maximum absolute atomic E-state index is 12.8. The summed E-state index contributed by atoms with van der Waals surface area (Å²) in [7, 11) is -3.81. The average Bonchev–Trinajstić information content (AvgIpc) is 2.75. The van der Waals surface area contributed by atoms with E-state index in [0.29, 0.717) is 24.1 Å². The third kappa shape index (κ3) is 4.52. The van der Waals surface area contributed by atoms with Gasteiger partial charge in [0.1, 0.15) is 0 Å². The van der Waals surface area contributed by atoms with Gasteiger partial charge >= 0.3 is 0 Å². The van der Waals surface area contributed by atoms with Gasteiger partial charge in [-0.3, -0.25) is 4.72 Å². The van der Waals surface area contributed by atoms with Gasteiger partial charge < -0.3 is 4.74 Å². The minimum absolute atomic E-state index is 0.0700. The largest absolute Gasteiger partial charge is 0.475 e. The molecule has 0 amide bonds. The minimum atomic E-state index is -3.81. The summed E-state index contributed by atoms with van der Waals surface area (Å²) in [6.07, 6.45) is 0.667. The van der Waals surface area contributed by atoms with Crippen LogP contribution in [0.1, 0.15) is 5.56 Å². The van der Waals surface area contributed by atoms with Gasteiger partial charge in [0.05, 0.1) is 22.5 Å². The van der Waals surface area contributed by atoms with Crippen LogP contribution in [0.25, 0.3) is 11.0 Å². The van der Waals surface area contributed by atoms with Gasteiger partial charge in [-0.25, -0.2) is 18.4 Å². The Labute approximate surface area is 169 Å². The first-order chi connectivity index (χ1) is 14.1. The monoisotopic (exact) mass is 405 g/mol. The molecule has 0 aliphatic carbocycles. The van der Waals surface area contributed by atoms with Crippen LogP contribution in [0.4, 0.5) is 5.82 Å². The van der Waals surface area contributed by atoms with Crippen LogP contribution in [0, 0.1) is 0 Å². The van der Waals surface area contributed by atoms with Crippen LogP contribution in [-0.4, -0.2) is 25.0 Å². The number of hydrogen-bond donors (Lipinski definition) is 1. The lowest BCUT2D eigenvalue weighted by Crippen LogP contribution is -2.16.